The Morgan fingerprint density at radius 1 is 1.44 bits per heavy atom. The summed E-state index contributed by atoms with van der Waals surface area (Å²) in [5.74, 6) is 1.06. The maximum atomic E-state index is 13.0. The van der Waals surface area contributed by atoms with Crippen LogP contribution in [0.3, 0.4) is 0 Å². The zero-order valence-corrected chi connectivity index (χ0v) is 14.3. The van der Waals surface area contributed by atoms with Gasteiger partial charge in [-0.05, 0) is 44.4 Å². The number of carbonyl (C=O) groups excluding carboxylic acids is 1. The molecule has 0 spiro atoms. The molecule has 7 nitrogen and oxygen atoms in total. The maximum Gasteiger partial charge on any atom is 0.315 e. The van der Waals surface area contributed by atoms with E-state index in [1.165, 1.54) is 24.3 Å². The number of aryl methyl sites for hydroxylation is 2. The van der Waals surface area contributed by atoms with Crippen LogP contribution in [-0.2, 0) is 12.1 Å². The lowest BCUT2D eigenvalue weighted by Crippen LogP contribution is -2.45. The summed E-state index contributed by atoms with van der Waals surface area (Å²) in [6, 6.07) is 4.97. The molecule has 1 aromatic heterocycles. The van der Waals surface area contributed by atoms with Gasteiger partial charge in [0.2, 0.25) is 0 Å². The minimum Gasteiger partial charge on any atom is -0.384 e. The highest BCUT2D eigenvalue weighted by molar-refractivity contribution is 5.74. The van der Waals surface area contributed by atoms with E-state index < -0.39 is 5.60 Å². The first-order valence-corrected chi connectivity index (χ1v) is 8.29. The molecule has 0 fully saturated rings. The van der Waals surface area contributed by atoms with E-state index in [1.54, 1.807) is 6.92 Å². The van der Waals surface area contributed by atoms with Gasteiger partial charge in [0.1, 0.15) is 23.1 Å². The molecule has 3 N–H and O–H groups in total. The molecule has 1 aromatic carbocycles. The predicted molar refractivity (Wildman–Crippen MR) is 89.2 cm³/mol. The van der Waals surface area contributed by atoms with E-state index in [0.29, 0.717) is 11.4 Å². The number of hydrogen-bond donors (Lipinski definition) is 3. The molecule has 8 heteroatoms. The normalized spacial score (nSPS) is 19.0. The van der Waals surface area contributed by atoms with Crippen molar-refractivity contribution in [2.24, 2.45) is 0 Å². The van der Waals surface area contributed by atoms with Crippen molar-refractivity contribution in [1.29, 1.82) is 0 Å². The van der Waals surface area contributed by atoms with Crippen molar-refractivity contribution >= 4 is 6.03 Å². The van der Waals surface area contributed by atoms with Gasteiger partial charge < -0.3 is 15.7 Å². The smallest absolute Gasteiger partial charge is 0.315 e. The number of halogens is 1. The van der Waals surface area contributed by atoms with Crippen LogP contribution in [0.1, 0.15) is 43.0 Å². The van der Waals surface area contributed by atoms with Crippen LogP contribution in [0.5, 0.6) is 0 Å². The Bertz CT molecular complexity index is 757. The minimum atomic E-state index is -1.30. The van der Waals surface area contributed by atoms with Crippen LogP contribution in [0, 0.1) is 12.7 Å². The molecule has 25 heavy (non-hydrogen) atoms. The Balaban J connectivity index is 1.59. The molecule has 2 aromatic rings. The second-order valence-corrected chi connectivity index (χ2v) is 6.54. The quantitative estimate of drug-likeness (QED) is 0.786. The summed E-state index contributed by atoms with van der Waals surface area (Å²) in [6.07, 6.45) is 1.70. The Labute approximate surface area is 145 Å². The topological polar surface area (TPSA) is 92.1 Å². The monoisotopic (exact) mass is 347 g/mol. The lowest BCUT2D eigenvalue weighted by Gasteiger charge is -2.26. The van der Waals surface area contributed by atoms with Crippen LogP contribution >= 0.6 is 0 Å². The van der Waals surface area contributed by atoms with Gasteiger partial charge in [0.05, 0.1) is 12.6 Å². The van der Waals surface area contributed by atoms with Crippen LogP contribution < -0.4 is 10.6 Å². The van der Waals surface area contributed by atoms with Gasteiger partial charge in [-0.3, -0.25) is 0 Å². The Morgan fingerprint density at radius 2 is 2.16 bits per heavy atom. The molecule has 3 rings (SSSR count). The van der Waals surface area contributed by atoms with E-state index >= 15 is 0 Å². The lowest BCUT2D eigenvalue weighted by atomic mass is 9.96. The molecule has 2 heterocycles. The molecule has 2 unspecified atom stereocenters. The van der Waals surface area contributed by atoms with E-state index in [-0.39, 0.29) is 24.4 Å². The van der Waals surface area contributed by atoms with Crippen molar-refractivity contribution in [3.8, 4) is 0 Å². The van der Waals surface area contributed by atoms with Gasteiger partial charge in [-0.25, -0.2) is 18.9 Å². The summed E-state index contributed by atoms with van der Waals surface area (Å²) in [5.41, 5.74) is -0.768. The third-order valence-electron chi connectivity index (χ3n) is 4.35. The van der Waals surface area contributed by atoms with Crippen LogP contribution in [0.15, 0.2) is 24.3 Å². The van der Waals surface area contributed by atoms with Gasteiger partial charge in [0, 0.05) is 6.54 Å². The number of nitrogens with one attached hydrogen (secondary N) is 2. The fraction of sp³-hybridized carbons (Fsp3) is 0.471. The number of benzene rings is 1. The molecule has 134 valence electrons. The standard InChI is InChI=1S/C17H22FN5O2/c1-11-20-15-14(4-3-9-23(15)22-11)21-16(24)19-10-17(2,25)12-5-7-13(18)8-6-12/h5-8,14,25H,3-4,9-10H2,1-2H3,(H2,19,21,24). The first-order chi connectivity index (χ1) is 11.8. The average Bonchev–Trinajstić information content (AvgIpc) is 2.95. The summed E-state index contributed by atoms with van der Waals surface area (Å²) in [7, 11) is 0. The third-order valence-corrected chi connectivity index (χ3v) is 4.35. The largest absolute Gasteiger partial charge is 0.384 e. The van der Waals surface area contributed by atoms with Crippen molar-refractivity contribution < 1.29 is 14.3 Å². The van der Waals surface area contributed by atoms with Crippen molar-refractivity contribution in [2.75, 3.05) is 6.54 Å². The summed E-state index contributed by atoms with van der Waals surface area (Å²) >= 11 is 0. The fourth-order valence-corrected chi connectivity index (χ4v) is 2.98. The molecule has 2 amide bonds. The molecular formula is C17H22FN5O2. The van der Waals surface area contributed by atoms with Crippen molar-refractivity contribution in [3.05, 3.63) is 47.3 Å². The highest BCUT2D eigenvalue weighted by Crippen LogP contribution is 2.23. The predicted octanol–water partition coefficient (Wildman–Crippen LogP) is 1.77. The molecule has 0 radical (unpaired) electrons. The number of nitrogens with zero attached hydrogens (tertiary/aromatic N) is 3. The summed E-state index contributed by atoms with van der Waals surface area (Å²) in [6.45, 7) is 4.20. The first-order valence-electron chi connectivity index (χ1n) is 8.29. The Hall–Kier alpha value is -2.48. The van der Waals surface area contributed by atoms with Crippen LogP contribution in [-0.4, -0.2) is 32.4 Å². The molecular weight excluding hydrogens is 325 g/mol. The third kappa shape index (κ3) is 3.96. The molecule has 1 aliphatic rings. The molecule has 1 aliphatic heterocycles. The Morgan fingerprint density at radius 3 is 2.88 bits per heavy atom. The van der Waals surface area contributed by atoms with Gasteiger partial charge in [-0.2, -0.15) is 5.10 Å². The average molecular weight is 347 g/mol. The highest BCUT2D eigenvalue weighted by Gasteiger charge is 2.27. The number of urea groups is 1. The molecule has 2 atom stereocenters. The number of aromatic nitrogens is 3. The van der Waals surface area contributed by atoms with Gasteiger partial charge in [0.25, 0.3) is 0 Å². The number of carbonyl (C=O) groups is 1. The maximum absolute atomic E-state index is 13.0. The van der Waals surface area contributed by atoms with E-state index in [1.807, 2.05) is 11.6 Å². The zero-order valence-electron chi connectivity index (χ0n) is 14.3. The van der Waals surface area contributed by atoms with Crippen molar-refractivity contribution in [3.63, 3.8) is 0 Å². The highest BCUT2D eigenvalue weighted by atomic mass is 19.1. The van der Waals surface area contributed by atoms with Crippen LogP contribution in [0.2, 0.25) is 0 Å². The van der Waals surface area contributed by atoms with Crippen LogP contribution in [0.25, 0.3) is 0 Å². The SMILES string of the molecule is Cc1nc2n(n1)CCCC2NC(=O)NCC(C)(O)c1ccc(F)cc1. The van der Waals surface area contributed by atoms with E-state index in [9.17, 15) is 14.3 Å². The first kappa shape index (κ1) is 17.3. The van der Waals surface area contributed by atoms with Gasteiger partial charge >= 0.3 is 6.03 Å². The molecule has 0 saturated carbocycles. The number of amides is 2. The minimum absolute atomic E-state index is 0.00288. The van der Waals surface area contributed by atoms with Crippen molar-refractivity contribution in [1.82, 2.24) is 25.4 Å². The van der Waals surface area contributed by atoms with Gasteiger partial charge in [0.15, 0.2) is 0 Å². The molecule has 0 saturated heterocycles. The lowest BCUT2D eigenvalue weighted by molar-refractivity contribution is 0.0591. The van der Waals surface area contributed by atoms with Gasteiger partial charge in [-0.1, -0.05) is 12.1 Å². The molecule has 0 bridgehead atoms. The fourth-order valence-electron chi connectivity index (χ4n) is 2.98. The Kier molecular flexibility index (Phi) is 4.71. The van der Waals surface area contributed by atoms with Crippen molar-refractivity contribution in [2.45, 2.75) is 44.9 Å². The van der Waals surface area contributed by atoms with Crippen LogP contribution in [0.4, 0.5) is 9.18 Å². The van der Waals surface area contributed by atoms with E-state index in [4.69, 9.17) is 0 Å². The summed E-state index contributed by atoms with van der Waals surface area (Å²) in [4.78, 5) is 16.6. The van der Waals surface area contributed by atoms with Gasteiger partial charge in [-0.15, -0.1) is 0 Å². The zero-order chi connectivity index (χ0) is 18.0. The summed E-state index contributed by atoms with van der Waals surface area (Å²) < 4.78 is 14.8. The molecule has 0 aliphatic carbocycles. The number of fused-ring (bicyclic) bond motifs is 1. The summed E-state index contributed by atoms with van der Waals surface area (Å²) in [5, 5.41) is 20.4. The second kappa shape index (κ2) is 6.79. The number of rotatable bonds is 4. The van der Waals surface area contributed by atoms with E-state index in [2.05, 4.69) is 20.7 Å². The number of aliphatic hydroxyl groups is 1. The second-order valence-electron chi connectivity index (χ2n) is 6.54. The number of hydrogen-bond acceptors (Lipinski definition) is 4. The van der Waals surface area contributed by atoms with E-state index in [0.717, 1.165) is 25.2 Å².